The maximum Gasteiger partial charge on any atom is 0.150 e. The third-order valence-corrected chi connectivity index (χ3v) is 5.32. The summed E-state index contributed by atoms with van der Waals surface area (Å²) in [6.07, 6.45) is 5.77. The van der Waals surface area contributed by atoms with Crippen molar-refractivity contribution in [3.8, 4) is 0 Å². The number of anilines is 2. The second-order valence-electron chi connectivity index (χ2n) is 7.14. The van der Waals surface area contributed by atoms with Crippen LogP contribution in [-0.2, 0) is 0 Å². The minimum absolute atomic E-state index is 0.631. The van der Waals surface area contributed by atoms with Gasteiger partial charge in [0.2, 0.25) is 0 Å². The highest BCUT2D eigenvalue weighted by molar-refractivity contribution is 5.88. The first-order chi connectivity index (χ1) is 14.0. The van der Waals surface area contributed by atoms with Crippen molar-refractivity contribution in [3.63, 3.8) is 0 Å². The van der Waals surface area contributed by atoms with E-state index in [1.54, 1.807) is 0 Å². The number of rotatable bonds is 8. The van der Waals surface area contributed by atoms with Gasteiger partial charge in [0.15, 0.2) is 0 Å². The number of fused-ring (bicyclic) bond motifs is 1. The molecule has 2 aromatic rings. The van der Waals surface area contributed by atoms with Gasteiger partial charge in [0.1, 0.15) is 6.29 Å². The summed E-state index contributed by atoms with van der Waals surface area (Å²) in [4.78, 5) is 13.5. The first-order valence-corrected chi connectivity index (χ1v) is 10.0. The van der Waals surface area contributed by atoms with Crippen LogP contribution in [0.3, 0.4) is 0 Å². The van der Waals surface area contributed by atoms with Crippen molar-refractivity contribution >= 4 is 28.9 Å². The smallest absolute Gasteiger partial charge is 0.150 e. The van der Waals surface area contributed by atoms with Gasteiger partial charge in [-0.3, -0.25) is 14.8 Å². The summed E-state index contributed by atoms with van der Waals surface area (Å²) in [5, 5.41) is 4.21. The molecule has 0 aromatic heterocycles. The zero-order chi connectivity index (χ0) is 21.0. The minimum Gasteiger partial charge on any atom is -0.375 e. The fraction of sp³-hybridized carbons (Fsp3) is 0.240. The van der Waals surface area contributed by atoms with Crippen LogP contribution in [0.2, 0.25) is 0 Å². The Labute approximate surface area is 174 Å². The summed E-state index contributed by atoms with van der Waals surface area (Å²) in [6, 6.07) is 14.3. The van der Waals surface area contributed by atoms with E-state index in [4.69, 9.17) is 0 Å². The third kappa shape index (κ3) is 3.97. The molecule has 4 nitrogen and oxygen atoms in total. The van der Waals surface area contributed by atoms with Crippen LogP contribution >= 0.6 is 0 Å². The highest BCUT2D eigenvalue weighted by Gasteiger charge is 2.30. The number of hydrazine groups is 1. The Morgan fingerprint density at radius 2 is 1.86 bits per heavy atom. The Morgan fingerprint density at radius 1 is 1.14 bits per heavy atom. The van der Waals surface area contributed by atoms with Crippen LogP contribution in [0, 0.1) is 0 Å². The second kappa shape index (κ2) is 8.82. The summed E-state index contributed by atoms with van der Waals surface area (Å²) < 4.78 is 0. The SMILES string of the molecule is C=CN1c2ccc(C=O)cc2C(=CCC)N1CC(=C)c1ccc(N(C)CC)cc1. The largest absolute Gasteiger partial charge is 0.375 e. The molecule has 0 saturated carbocycles. The molecule has 150 valence electrons. The number of allylic oxidation sites excluding steroid dienone is 1. The van der Waals surface area contributed by atoms with Gasteiger partial charge in [0.05, 0.1) is 17.9 Å². The van der Waals surface area contributed by atoms with Gasteiger partial charge in [-0.15, -0.1) is 0 Å². The number of nitrogens with zero attached hydrogens (tertiary/aromatic N) is 3. The lowest BCUT2D eigenvalue weighted by Crippen LogP contribution is -2.33. The van der Waals surface area contributed by atoms with Crippen LogP contribution in [0.1, 0.15) is 41.8 Å². The predicted octanol–water partition coefficient (Wildman–Crippen LogP) is 5.60. The van der Waals surface area contributed by atoms with Gasteiger partial charge in [0.25, 0.3) is 0 Å². The molecule has 1 aliphatic rings. The van der Waals surface area contributed by atoms with Crippen LogP contribution in [0.15, 0.2) is 67.9 Å². The molecule has 1 heterocycles. The van der Waals surface area contributed by atoms with Gasteiger partial charge in [-0.2, -0.15) is 0 Å². The number of carbonyl (C=O) groups is 1. The lowest BCUT2D eigenvalue weighted by molar-refractivity contribution is 0.112. The molecule has 2 aromatic carbocycles. The molecule has 4 heteroatoms. The Kier molecular flexibility index (Phi) is 6.23. The van der Waals surface area contributed by atoms with E-state index in [9.17, 15) is 4.79 Å². The van der Waals surface area contributed by atoms with Gasteiger partial charge in [-0.25, -0.2) is 0 Å². The van der Waals surface area contributed by atoms with E-state index < -0.39 is 0 Å². The van der Waals surface area contributed by atoms with Crippen molar-refractivity contribution in [1.82, 2.24) is 5.01 Å². The van der Waals surface area contributed by atoms with Gasteiger partial charge in [0, 0.05) is 36.6 Å². The van der Waals surface area contributed by atoms with Crippen molar-refractivity contribution in [2.75, 3.05) is 30.0 Å². The highest BCUT2D eigenvalue weighted by atomic mass is 16.1. The lowest BCUT2D eigenvalue weighted by Gasteiger charge is -2.30. The molecule has 29 heavy (non-hydrogen) atoms. The third-order valence-electron chi connectivity index (χ3n) is 5.32. The van der Waals surface area contributed by atoms with Crippen molar-refractivity contribution in [3.05, 3.63) is 84.6 Å². The van der Waals surface area contributed by atoms with Gasteiger partial charge in [-0.1, -0.05) is 38.3 Å². The van der Waals surface area contributed by atoms with E-state index >= 15 is 0 Å². The van der Waals surface area contributed by atoms with Crippen LogP contribution in [0.4, 0.5) is 11.4 Å². The fourth-order valence-electron chi connectivity index (χ4n) is 3.59. The number of aldehydes is 1. The quantitative estimate of drug-likeness (QED) is 0.551. The lowest BCUT2D eigenvalue weighted by atomic mass is 10.0. The zero-order valence-electron chi connectivity index (χ0n) is 17.6. The summed E-state index contributed by atoms with van der Waals surface area (Å²) in [6.45, 7) is 14.2. The molecule has 1 aliphatic heterocycles. The molecule has 0 radical (unpaired) electrons. The summed E-state index contributed by atoms with van der Waals surface area (Å²) in [7, 11) is 2.09. The Hall–Kier alpha value is -3.27. The molecule has 0 amide bonds. The van der Waals surface area contributed by atoms with Gasteiger partial charge >= 0.3 is 0 Å². The molecule has 0 N–H and O–H groups in total. The summed E-state index contributed by atoms with van der Waals surface area (Å²) in [5.74, 6) is 0. The number of carbonyl (C=O) groups excluding carboxylic acids is 1. The maximum atomic E-state index is 11.3. The number of benzene rings is 2. The predicted molar refractivity (Wildman–Crippen MR) is 124 cm³/mol. The van der Waals surface area contributed by atoms with Crippen molar-refractivity contribution in [2.45, 2.75) is 20.3 Å². The molecule has 0 saturated heterocycles. The molecule has 0 unspecified atom stereocenters. The van der Waals surface area contributed by atoms with E-state index in [1.807, 2.05) is 29.4 Å². The molecule has 3 rings (SSSR count). The Morgan fingerprint density at radius 3 is 2.45 bits per heavy atom. The molecule has 0 bridgehead atoms. The van der Waals surface area contributed by atoms with Gasteiger partial charge in [-0.05, 0) is 54.8 Å². The van der Waals surface area contributed by atoms with E-state index in [0.717, 1.165) is 47.3 Å². The first kappa shape index (κ1) is 20.5. The van der Waals surface area contributed by atoms with Crippen LogP contribution in [0.25, 0.3) is 11.3 Å². The van der Waals surface area contributed by atoms with E-state index in [0.29, 0.717) is 12.1 Å². The Bertz CT molecular complexity index is 943. The molecule has 0 aliphatic carbocycles. The van der Waals surface area contributed by atoms with Gasteiger partial charge < -0.3 is 4.90 Å². The van der Waals surface area contributed by atoms with E-state index in [-0.39, 0.29) is 0 Å². The second-order valence-corrected chi connectivity index (χ2v) is 7.14. The minimum atomic E-state index is 0.631. The monoisotopic (exact) mass is 387 g/mol. The van der Waals surface area contributed by atoms with Crippen molar-refractivity contribution < 1.29 is 4.79 Å². The summed E-state index contributed by atoms with van der Waals surface area (Å²) >= 11 is 0. The van der Waals surface area contributed by atoms with Crippen LogP contribution < -0.4 is 9.91 Å². The van der Waals surface area contributed by atoms with Crippen molar-refractivity contribution in [2.24, 2.45) is 0 Å². The highest BCUT2D eigenvalue weighted by Crippen LogP contribution is 2.41. The molecule has 0 spiro atoms. The molecule has 0 fully saturated rings. The van der Waals surface area contributed by atoms with E-state index in [1.165, 1.54) is 5.69 Å². The maximum absolute atomic E-state index is 11.3. The zero-order valence-corrected chi connectivity index (χ0v) is 17.6. The van der Waals surface area contributed by atoms with E-state index in [2.05, 4.69) is 74.3 Å². The van der Waals surface area contributed by atoms with Crippen molar-refractivity contribution in [1.29, 1.82) is 0 Å². The van der Waals surface area contributed by atoms with Crippen LogP contribution in [-0.4, -0.2) is 31.4 Å². The topological polar surface area (TPSA) is 26.8 Å². The standard InChI is InChI=1S/C25H29N3O/c1-6-9-24-23-16-20(18-29)10-15-25(23)27(8-3)28(24)17-19(4)21-11-13-22(14-12-21)26(5)7-2/h8-16,18H,3-4,6-7,17H2,1-2,5H3. The number of hydrogen-bond acceptors (Lipinski definition) is 4. The average molecular weight is 388 g/mol. The molecule has 0 atom stereocenters. The average Bonchev–Trinajstić information content (AvgIpc) is 3.05. The first-order valence-electron chi connectivity index (χ1n) is 10.0. The Balaban J connectivity index is 1.90. The fourth-order valence-corrected chi connectivity index (χ4v) is 3.59. The number of hydrogen-bond donors (Lipinski definition) is 0. The van der Waals surface area contributed by atoms with Crippen LogP contribution in [0.5, 0.6) is 0 Å². The molecular weight excluding hydrogens is 358 g/mol. The summed E-state index contributed by atoms with van der Waals surface area (Å²) in [5.41, 5.74) is 7.15. The normalized spacial score (nSPS) is 14.1. The molecular formula is C25H29N3O.